The van der Waals surface area contributed by atoms with Gasteiger partial charge < -0.3 is 5.11 Å². The first kappa shape index (κ1) is 15.9. The van der Waals surface area contributed by atoms with Gasteiger partial charge in [0.25, 0.3) is 0 Å². The Morgan fingerprint density at radius 3 is 2.40 bits per heavy atom. The molecule has 0 atom stereocenters. The Balaban J connectivity index is 2.52. The summed E-state index contributed by atoms with van der Waals surface area (Å²) in [5.41, 5.74) is -0.388. The van der Waals surface area contributed by atoms with Crippen LogP contribution in [0, 0.1) is 0 Å². The SMILES string of the molecule is O=C(O)c1c(Cl)ccc(S(=O)(=O)N2CCSCC2)c1Cl. The fraction of sp³-hybridized carbons (Fsp3) is 0.364. The van der Waals surface area contributed by atoms with Crippen LogP contribution in [0.1, 0.15) is 10.4 Å². The summed E-state index contributed by atoms with van der Waals surface area (Å²) in [7, 11) is -3.80. The van der Waals surface area contributed by atoms with Gasteiger partial charge in [-0.05, 0) is 12.1 Å². The molecule has 0 spiro atoms. The van der Waals surface area contributed by atoms with E-state index in [-0.39, 0.29) is 20.5 Å². The average molecular weight is 356 g/mol. The first-order valence-electron chi connectivity index (χ1n) is 5.65. The molecule has 1 aromatic rings. The Bertz CT molecular complexity index is 642. The third-order valence-corrected chi connectivity index (χ3v) is 6.56. The normalized spacial score (nSPS) is 17.1. The molecule has 1 aromatic carbocycles. The van der Waals surface area contributed by atoms with Crippen LogP contribution >= 0.6 is 35.0 Å². The maximum absolute atomic E-state index is 12.5. The zero-order valence-electron chi connectivity index (χ0n) is 10.2. The van der Waals surface area contributed by atoms with Gasteiger partial charge in [0.05, 0.1) is 15.6 Å². The van der Waals surface area contributed by atoms with Gasteiger partial charge in [0.1, 0.15) is 4.90 Å². The Labute approximate surface area is 130 Å². The Kier molecular flexibility index (Phi) is 4.86. The Hall–Kier alpha value is -0.470. The minimum atomic E-state index is -3.80. The quantitative estimate of drug-likeness (QED) is 0.900. The van der Waals surface area contributed by atoms with E-state index in [9.17, 15) is 13.2 Å². The molecule has 20 heavy (non-hydrogen) atoms. The zero-order chi connectivity index (χ0) is 14.9. The first-order valence-corrected chi connectivity index (χ1v) is 9.00. The number of carboxylic acid groups (broad SMARTS) is 1. The van der Waals surface area contributed by atoms with Crippen LogP contribution in [0.4, 0.5) is 0 Å². The van der Waals surface area contributed by atoms with Crippen LogP contribution in [0.3, 0.4) is 0 Å². The predicted molar refractivity (Wildman–Crippen MR) is 79.5 cm³/mol. The number of aromatic carboxylic acids is 1. The van der Waals surface area contributed by atoms with E-state index in [1.165, 1.54) is 16.4 Å². The van der Waals surface area contributed by atoms with Crippen LogP contribution in [-0.4, -0.2) is 48.4 Å². The molecule has 1 fully saturated rings. The summed E-state index contributed by atoms with van der Waals surface area (Å²) in [5.74, 6) is 0.0539. The molecule has 0 amide bonds. The summed E-state index contributed by atoms with van der Waals surface area (Å²) >= 11 is 13.4. The highest BCUT2D eigenvalue weighted by Crippen LogP contribution is 2.33. The standard InChI is InChI=1S/C11H11Cl2NO4S2/c12-7-1-2-8(10(13)9(7)11(15)16)20(17,18)14-3-5-19-6-4-14/h1-2H,3-6H2,(H,15,16). The molecule has 5 nitrogen and oxygen atoms in total. The number of hydrogen-bond donors (Lipinski definition) is 1. The lowest BCUT2D eigenvalue weighted by atomic mass is 10.2. The van der Waals surface area contributed by atoms with E-state index in [1.54, 1.807) is 11.8 Å². The number of hydrogen-bond acceptors (Lipinski definition) is 4. The van der Waals surface area contributed by atoms with Gasteiger partial charge in [-0.3, -0.25) is 0 Å². The molecular formula is C11H11Cl2NO4S2. The minimum Gasteiger partial charge on any atom is -0.478 e. The highest BCUT2D eigenvalue weighted by Gasteiger charge is 2.30. The smallest absolute Gasteiger partial charge is 0.338 e. The summed E-state index contributed by atoms with van der Waals surface area (Å²) in [6.45, 7) is 0.767. The average Bonchev–Trinajstić information content (AvgIpc) is 2.39. The number of thioether (sulfide) groups is 1. The van der Waals surface area contributed by atoms with Crippen LogP contribution in [0.5, 0.6) is 0 Å². The van der Waals surface area contributed by atoms with Crippen LogP contribution < -0.4 is 0 Å². The largest absolute Gasteiger partial charge is 0.478 e. The topological polar surface area (TPSA) is 74.7 Å². The van der Waals surface area contributed by atoms with E-state index in [0.717, 1.165) is 0 Å². The second kappa shape index (κ2) is 6.11. The molecule has 1 N–H and O–H groups in total. The van der Waals surface area contributed by atoms with Crippen molar-refractivity contribution < 1.29 is 18.3 Å². The molecule has 1 aliphatic rings. The number of halogens is 2. The molecule has 0 aromatic heterocycles. The lowest BCUT2D eigenvalue weighted by molar-refractivity contribution is 0.0697. The maximum Gasteiger partial charge on any atom is 0.338 e. The van der Waals surface area contributed by atoms with E-state index in [2.05, 4.69) is 0 Å². The third kappa shape index (κ3) is 2.92. The molecule has 1 heterocycles. The van der Waals surface area contributed by atoms with Crippen LogP contribution in [-0.2, 0) is 10.0 Å². The molecule has 0 unspecified atom stereocenters. The third-order valence-electron chi connectivity index (χ3n) is 2.86. The van der Waals surface area contributed by atoms with Crippen molar-refractivity contribution in [2.75, 3.05) is 24.6 Å². The number of carbonyl (C=O) groups is 1. The van der Waals surface area contributed by atoms with E-state index in [4.69, 9.17) is 28.3 Å². The monoisotopic (exact) mass is 355 g/mol. The lowest BCUT2D eigenvalue weighted by Crippen LogP contribution is -2.38. The summed E-state index contributed by atoms with van der Waals surface area (Å²) in [6, 6.07) is 2.48. The summed E-state index contributed by atoms with van der Waals surface area (Å²) in [6.07, 6.45) is 0. The van der Waals surface area contributed by atoms with Crippen molar-refractivity contribution >= 4 is 51.0 Å². The lowest BCUT2D eigenvalue weighted by Gasteiger charge is -2.26. The van der Waals surface area contributed by atoms with E-state index < -0.39 is 16.0 Å². The van der Waals surface area contributed by atoms with Crippen molar-refractivity contribution in [3.8, 4) is 0 Å². The van der Waals surface area contributed by atoms with Gasteiger partial charge in [-0.25, -0.2) is 13.2 Å². The fourth-order valence-electron chi connectivity index (χ4n) is 1.85. The number of nitrogens with zero attached hydrogens (tertiary/aromatic N) is 1. The second-order valence-corrected chi connectivity index (χ2v) is 7.97. The molecule has 110 valence electrons. The minimum absolute atomic E-state index is 0.0874. The number of benzene rings is 1. The molecule has 0 aliphatic carbocycles. The van der Waals surface area contributed by atoms with Gasteiger partial charge in [-0.2, -0.15) is 16.1 Å². The second-order valence-electron chi connectivity index (χ2n) is 4.06. The molecule has 1 aliphatic heterocycles. The van der Waals surface area contributed by atoms with Crippen molar-refractivity contribution in [3.63, 3.8) is 0 Å². The van der Waals surface area contributed by atoms with Gasteiger partial charge in [-0.1, -0.05) is 23.2 Å². The Morgan fingerprint density at radius 2 is 1.85 bits per heavy atom. The zero-order valence-corrected chi connectivity index (χ0v) is 13.3. The summed E-state index contributed by atoms with van der Waals surface area (Å²) in [5, 5.41) is 8.63. The Morgan fingerprint density at radius 1 is 1.25 bits per heavy atom. The predicted octanol–water partition coefficient (Wildman–Crippen LogP) is 2.43. The molecule has 0 saturated carbocycles. The van der Waals surface area contributed by atoms with E-state index in [0.29, 0.717) is 24.6 Å². The van der Waals surface area contributed by atoms with Gasteiger partial charge in [-0.15, -0.1) is 0 Å². The van der Waals surface area contributed by atoms with Crippen LogP contribution in [0.15, 0.2) is 17.0 Å². The highest BCUT2D eigenvalue weighted by atomic mass is 35.5. The van der Waals surface area contributed by atoms with Gasteiger partial charge in [0, 0.05) is 24.6 Å². The van der Waals surface area contributed by atoms with Gasteiger partial charge in [0.2, 0.25) is 10.0 Å². The maximum atomic E-state index is 12.5. The number of sulfonamides is 1. The molecule has 9 heteroatoms. The molecular weight excluding hydrogens is 345 g/mol. The summed E-state index contributed by atoms with van der Waals surface area (Å²) in [4.78, 5) is 10.9. The van der Waals surface area contributed by atoms with Crippen molar-refractivity contribution in [1.82, 2.24) is 4.31 Å². The van der Waals surface area contributed by atoms with Crippen molar-refractivity contribution in [2.24, 2.45) is 0 Å². The molecule has 0 radical (unpaired) electrons. The molecule has 0 bridgehead atoms. The van der Waals surface area contributed by atoms with Gasteiger partial charge in [0.15, 0.2) is 0 Å². The van der Waals surface area contributed by atoms with Crippen molar-refractivity contribution in [3.05, 3.63) is 27.7 Å². The van der Waals surface area contributed by atoms with Crippen LogP contribution in [0.25, 0.3) is 0 Å². The van der Waals surface area contributed by atoms with Crippen molar-refractivity contribution in [1.29, 1.82) is 0 Å². The van der Waals surface area contributed by atoms with E-state index >= 15 is 0 Å². The van der Waals surface area contributed by atoms with E-state index in [1.807, 2.05) is 0 Å². The van der Waals surface area contributed by atoms with Crippen LogP contribution in [0.2, 0.25) is 10.0 Å². The first-order chi connectivity index (χ1) is 9.35. The van der Waals surface area contributed by atoms with Gasteiger partial charge >= 0.3 is 5.97 Å². The van der Waals surface area contributed by atoms with Crippen molar-refractivity contribution in [2.45, 2.75) is 4.90 Å². The number of carboxylic acids is 1. The summed E-state index contributed by atoms with van der Waals surface area (Å²) < 4.78 is 26.3. The highest BCUT2D eigenvalue weighted by molar-refractivity contribution is 7.99. The molecule has 2 rings (SSSR count). The number of rotatable bonds is 3. The molecule has 1 saturated heterocycles. The fourth-order valence-corrected chi connectivity index (χ4v) is 5.32.